The van der Waals surface area contributed by atoms with Crippen molar-refractivity contribution in [1.82, 2.24) is 5.01 Å². The number of hydrogen-bond acceptors (Lipinski definition) is 4. The molecule has 1 heterocycles. The summed E-state index contributed by atoms with van der Waals surface area (Å²) in [7, 11) is 0. The van der Waals surface area contributed by atoms with Crippen LogP contribution in [-0.4, -0.2) is 36.4 Å². The maximum absolute atomic E-state index is 11.2. The third-order valence-electron chi connectivity index (χ3n) is 1.94. The second-order valence-electron chi connectivity index (χ2n) is 3.07. The number of hydrogen-bond donors (Lipinski definition) is 0. The number of ether oxygens (including phenoxy) is 1. The molecular formula is C9H16N2O2. The normalized spacial score (nSPS) is 17.7. The van der Waals surface area contributed by atoms with Gasteiger partial charge in [-0.2, -0.15) is 5.10 Å². The molecule has 1 rings (SSSR count). The first-order chi connectivity index (χ1) is 6.24. The van der Waals surface area contributed by atoms with Crippen molar-refractivity contribution in [3.63, 3.8) is 0 Å². The molecule has 0 N–H and O–H groups in total. The zero-order valence-electron chi connectivity index (χ0n) is 8.25. The van der Waals surface area contributed by atoms with Crippen molar-refractivity contribution < 1.29 is 9.53 Å². The van der Waals surface area contributed by atoms with Gasteiger partial charge in [0.2, 0.25) is 0 Å². The van der Waals surface area contributed by atoms with Gasteiger partial charge >= 0.3 is 5.97 Å². The molecule has 1 saturated heterocycles. The van der Waals surface area contributed by atoms with Crippen LogP contribution in [0.15, 0.2) is 5.10 Å². The average Bonchev–Trinajstić information content (AvgIpc) is 2.57. The summed E-state index contributed by atoms with van der Waals surface area (Å²) in [6, 6.07) is 0. The molecule has 0 aromatic rings. The highest BCUT2D eigenvalue weighted by molar-refractivity contribution is 6.35. The van der Waals surface area contributed by atoms with Gasteiger partial charge in [-0.15, -0.1) is 0 Å². The first-order valence-electron chi connectivity index (χ1n) is 4.71. The Morgan fingerprint density at radius 3 is 2.62 bits per heavy atom. The zero-order valence-corrected chi connectivity index (χ0v) is 8.25. The van der Waals surface area contributed by atoms with Crippen LogP contribution in [0.4, 0.5) is 0 Å². The van der Waals surface area contributed by atoms with Crippen LogP contribution in [0, 0.1) is 0 Å². The molecule has 0 aromatic carbocycles. The lowest BCUT2D eigenvalue weighted by atomic mass is 10.4. The molecule has 13 heavy (non-hydrogen) atoms. The Balaban J connectivity index is 2.44. The van der Waals surface area contributed by atoms with E-state index in [0.717, 1.165) is 13.1 Å². The fraction of sp³-hybridized carbons (Fsp3) is 0.778. The summed E-state index contributed by atoms with van der Waals surface area (Å²) in [4.78, 5) is 11.2. The molecule has 0 spiro atoms. The summed E-state index contributed by atoms with van der Waals surface area (Å²) < 4.78 is 4.82. The van der Waals surface area contributed by atoms with Gasteiger partial charge in [-0.3, -0.25) is 5.01 Å². The minimum absolute atomic E-state index is 0.311. The highest BCUT2D eigenvalue weighted by Crippen LogP contribution is 2.07. The van der Waals surface area contributed by atoms with Crippen molar-refractivity contribution in [2.75, 3.05) is 19.7 Å². The molecule has 1 fully saturated rings. The maximum Gasteiger partial charge on any atom is 0.354 e. The second kappa shape index (κ2) is 4.84. The number of carbonyl (C=O) groups excluding carboxylic acids is 1. The van der Waals surface area contributed by atoms with Gasteiger partial charge in [0.15, 0.2) is 0 Å². The van der Waals surface area contributed by atoms with E-state index in [9.17, 15) is 4.79 Å². The first-order valence-corrected chi connectivity index (χ1v) is 4.71. The quantitative estimate of drug-likeness (QED) is 0.486. The van der Waals surface area contributed by atoms with Gasteiger partial charge in [0, 0.05) is 13.1 Å². The smallest absolute Gasteiger partial charge is 0.354 e. The Bertz CT molecular complexity index is 208. The predicted molar refractivity (Wildman–Crippen MR) is 50.5 cm³/mol. The van der Waals surface area contributed by atoms with E-state index in [1.54, 1.807) is 13.8 Å². The molecule has 0 radical (unpaired) electrons. The highest BCUT2D eigenvalue weighted by atomic mass is 16.5. The molecule has 0 amide bonds. The summed E-state index contributed by atoms with van der Waals surface area (Å²) >= 11 is 0. The van der Waals surface area contributed by atoms with Gasteiger partial charge in [-0.05, 0) is 26.7 Å². The van der Waals surface area contributed by atoms with Gasteiger partial charge in [0.1, 0.15) is 5.71 Å². The molecule has 1 aliphatic heterocycles. The van der Waals surface area contributed by atoms with Crippen LogP contribution in [0.1, 0.15) is 26.7 Å². The Morgan fingerprint density at radius 2 is 2.08 bits per heavy atom. The molecule has 0 aromatic heterocycles. The van der Waals surface area contributed by atoms with Crippen LogP contribution in [0.3, 0.4) is 0 Å². The van der Waals surface area contributed by atoms with Crippen molar-refractivity contribution in [3.05, 3.63) is 0 Å². The SMILES string of the molecule is CCOC(=O)/C(C)=N/N1CCCC1. The molecular weight excluding hydrogens is 168 g/mol. The number of carbonyl (C=O) groups is 1. The number of esters is 1. The third-order valence-corrected chi connectivity index (χ3v) is 1.94. The molecule has 4 heteroatoms. The van der Waals surface area contributed by atoms with Crippen LogP contribution in [0.2, 0.25) is 0 Å². The zero-order chi connectivity index (χ0) is 9.68. The van der Waals surface area contributed by atoms with E-state index >= 15 is 0 Å². The van der Waals surface area contributed by atoms with Gasteiger partial charge in [0.05, 0.1) is 6.61 Å². The molecule has 4 nitrogen and oxygen atoms in total. The summed E-state index contributed by atoms with van der Waals surface area (Å²) in [6.07, 6.45) is 2.33. The van der Waals surface area contributed by atoms with Crippen LogP contribution in [-0.2, 0) is 9.53 Å². The van der Waals surface area contributed by atoms with E-state index < -0.39 is 0 Å². The Morgan fingerprint density at radius 1 is 1.46 bits per heavy atom. The monoisotopic (exact) mass is 184 g/mol. The molecule has 0 unspecified atom stereocenters. The van der Waals surface area contributed by atoms with Crippen LogP contribution < -0.4 is 0 Å². The number of rotatable bonds is 3. The topological polar surface area (TPSA) is 41.9 Å². The average molecular weight is 184 g/mol. The van der Waals surface area contributed by atoms with E-state index in [1.807, 2.05) is 5.01 Å². The maximum atomic E-state index is 11.2. The van der Waals surface area contributed by atoms with Gasteiger partial charge in [-0.25, -0.2) is 4.79 Å². The fourth-order valence-corrected chi connectivity index (χ4v) is 1.29. The molecule has 74 valence electrons. The van der Waals surface area contributed by atoms with E-state index in [-0.39, 0.29) is 5.97 Å². The minimum Gasteiger partial charge on any atom is -0.461 e. The standard InChI is InChI=1S/C9H16N2O2/c1-3-13-9(12)8(2)10-11-6-4-5-7-11/h3-7H2,1-2H3/b10-8+. The molecule has 0 saturated carbocycles. The van der Waals surface area contributed by atoms with Crippen molar-refractivity contribution in [2.45, 2.75) is 26.7 Å². The minimum atomic E-state index is -0.311. The largest absolute Gasteiger partial charge is 0.461 e. The Kier molecular flexibility index (Phi) is 3.73. The van der Waals surface area contributed by atoms with E-state index in [0.29, 0.717) is 12.3 Å². The fourth-order valence-electron chi connectivity index (χ4n) is 1.29. The van der Waals surface area contributed by atoms with Crippen molar-refractivity contribution >= 4 is 11.7 Å². The van der Waals surface area contributed by atoms with E-state index in [1.165, 1.54) is 12.8 Å². The Hall–Kier alpha value is -1.06. The van der Waals surface area contributed by atoms with E-state index in [2.05, 4.69) is 5.10 Å². The summed E-state index contributed by atoms with van der Waals surface area (Å²) in [5, 5.41) is 6.09. The molecule has 0 bridgehead atoms. The summed E-state index contributed by atoms with van der Waals surface area (Å²) in [5.74, 6) is -0.311. The highest BCUT2D eigenvalue weighted by Gasteiger charge is 2.12. The lowest BCUT2D eigenvalue weighted by Crippen LogP contribution is -2.20. The predicted octanol–water partition coefficient (Wildman–Crippen LogP) is 1.02. The lowest BCUT2D eigenvalue weighted by Gasteiger charge is -2.10. The van der Waals surface area contributed by atoms with Gasteiger partial charge < -0.3 is 4.74 Å². The van der Waals surface area contributed by atoms with Crippen LogP contribution in [0.25, 0.3) is 0 Å². The summed E-state index contributed by atoms with van der Waals surface area (Å²) in [6.45, 7) is 5.80. The molecule has 0 atom stereocenters. The number of hydrazone groups is 1. The van der Waals surface area contributed by atoms with Gasteiger partial charge in [0.25, 0.3) is 0 Å². The van der Waals surface area contributed by atoms with Crippen molar-refractivity contribution in [3.8, 4) is 0 Å². The molecule has 1 aliphatic rings. The summed E-state index contributed by atoms with van der Waals surface area (Å²) in [5.41, 5.74) is 0.448. The van der Waals surface area contributed by atoms with Crippen molar-refractivity contribution in [2.24, 2.45) is 5.10 Å². The van der Waals surface area contributed by atoms with Gasteiger partial charge in [-0.1, -0.05) is 0 Å². The first kappa shape index (κ1) is 10.0. The van der Waals surface area contributed by atoms with Crippen LogP contribution >= 0.6 is 0 Å². The van der Waals surface area contributed by atoms with E-state index in [4.69, 9.17) is 4.74 Å². The third kappa shape index (κ3) is 3.05. The second-order valence-corrected chi connectivity index (χ2v) is 3.07. The van der Waals surface area contributed by atoms with Crippen LogP contribution in [0.5, 0.6) is 0 Å². The lowest BCUT2D eigenvalue weighted by molar-refractivity contribution is -0.135. The van der Waals surface area contributed by atoms with Crippen molar-refractivity contribution in [1.29, 1.82) is 0 Å². The number of nitrogens with zero attached hydrogens (tertiary/aromatic N) is 2. The Labute approximate surface area is 78.6 Å². The molecule has 0 aliphatic carbocycles.